The van der Waals surface area contributed by atoms with Crippen molar-refractivity contribution in [3.05, 3.63) is 0 Å². The summed E-state index contributed by atoms with van der Waals surface area (Å²) in [4.78, 5) is 2.23. The molecule has 0 fully saturated rings. The van der Waals surface area contributed by atoms with Gasteiger partial charge < -0.3 is 15.7 Å². The van der Waals surface area contributed by atoms with E-state index in [9.17, 15) is 0 Å². The van der Waals surface area contributed by atoms with Gasteiger partial charge in [0.05, 0.1) is 0 Å². The average molecular weight is 146 g/mol. The molecule has 0 amide bonds. The molecule has 62 valence electrons. The van der Waals surface area contributed by atoms with E-state index in [1.54, 1.807) is 0 Å². The second kappa shape index (κ2) is 5.65. The van der Waals surface area contributed by atoms with Crippen molar-refractivity contribution in [1.82, 2.24) is 4.90 Å². The van der Waals surface area contributed by atoms with Gasteiger partial charge >= 0.3 is 0 Å². The lowest BCUT2D eigenvalue weighted by molar-refractivity contribution is 0.150. The highest BCUT2D eigenvalue weighted by molar-refractivity contribution is 4.54. The second-order valence-electron chi connectivity index (χ2n) is 2.38. The lowest BCUT2D eigenvalue weighted by atomic mass is 10.3. The Kier molecular flexibility index (Phi) is 5.58. The number of nitrogens with zero attached hydrogens (tertiary/aromatic N) is 1. The van der Waals surface area contributed by atoms with Gasteiger partial charge in [-0.25, -0.2) is 0 Å². The molecule has 1 unspecified atom stereocenters. The van der Waals surface area contributed by atoms with Crippen LogP contribution in [-0.2, 0) is 0 Å². The van der Waals surface area contributed by atoms with Gasteiger partial charge in [0.2, 0.25) is 0 Å². The van der Waals surface area contributed by atoms with Crippen molar-refractivity contribution in [3.8, 4) is 0 Å². The third kappa shape index (κ3) is 4.73. The zero-order valence-corrected chi connectivity index (χ0v) is 6.88. The summed E-state index contributed by atoms with van der Waals surface area (Å²) in [5.41, 5.74) is 5.18. The third-order valence-electron chi connectivity index (χ3n) is 1.64. The van der Waals surface area contributed by atoms with Gasteiger partial charge in [-0.2, -0.15) is 0 Å². The maximum atomic E-state index is 8.74. The molecule has 0 aliphatic rings. The second-order valence-corrected chi connectivity index (χ2v) is 2.38. The molecule has 0 radical (unpaired) electrons. The molecular weight excluding hydrogens is 128 g/mol. The van der Waals surface area contributed by atoms with Crippen LogP contribution in [0.3, 0.4) is 0 Å². The monoisotopic (exact) mass is 146 g/mol. The van der Waals surface area contributed by atoms with E-state index in [1.165, 1.54) is 0 Å². The summed E-state index contributed by atoms with van der Waals surface area (Å²) in [5, 5.41) is 8.74. The molecule has 0 saturated carbocycles. The van der Waals surface area contributed by atoms with E-state index in [4.69, 9.17) is 10.8 Å². The molecule has 0 heterocycles. The van der Waals surface area contributed by atoms with Crippen molar-refractivity contribution in [2.45, 2.75) is 26.5 Å². The van der Waals surface area contributed by atoms with Crippen LogP contribution in [0.2, 0.25) is 0 Å². The van der Waals surface area contributed by atoms with Gasteiger partial charge in [0.25, 0.3) is 0 Å². The SMILES string of the molecule is CCN(CC)CCC(N)O. The van der Waals surface area contributed by atoms with Crippen LogP contribution in [0, 0.1) is 0 Å². The lowest BCUT2D eigenvalue weighted by Gasteiger charge is -2.18. The molecule has 0 aromatic rings. The summed E-state index contributed by atoms with van der Waals surface area (Å²) in [7, 11) is 0. The van der Waals surface area contributed by atoms with E-state index in [-0.39, 0.29) is 0 Å². The summed E-state index contributed by atoms with van der Waals surface area (Å²) >= 11 is 0. The van der Waals surface area contributed by atoms with Gasteiger partial charge in [0.15, 0.2) is 0 Å². The molecule has 0 aliphatic carbocycles. The Morgan fingerprint density at radius 2 is 1.90 bits per heavy atom. The maximum absolute atomic E-state index is 8.74. The summed E-state index contributed by atoms with van der Waals surface area (Å²) in [6.07, 6.45) is 0.0161. The van der Waals surface area contributed by atoms with Crippen LogP contribution in [0.25, 0.3) is 0 Å². The molecule has 0 spiro atoms. The summed E-state index contributed by atoms with van der Waals surface area (Å²) in [6, 6.07) is 0. The Balaban J connectivity index is 3.26. The van der Waals surface area contributed by atoms with Crippen molar-refractivity contribution in [2.75, 3.05) is 19.6 Å². The first-order valence-corrected chi connectivity index (χ1v) is 3.86. The molecule has 3 heteroatoms. The van der Waals surface area contributed by atoms with Gasteiger partial charge in [-0.1, -0.05) is 13.8 Å². The molecule has 0 saturated heterocycles. The topological polar surface area (TPSA) is 49.5 Å². The van der Waals surface area contributed by atoms with Gasteiger partial charge in [-0.15, -0.1) is 0 Å². The van der Waals surface area contributed by atoms with E-state index in [0.717, 1.165) is 19.6 Å². The standard InChI is InChI=1S/C7H18N2O/c1-3-9(4-2)6-5-7(8)10/h7,10H,3-6,8H2,1-2H3. The lowest BCUT2D eigenvalue weighted by Crippen LogP contribution is -2.30. The van der Waals surface area contributed by atoms with Gasteiger partial charge in [0, 0.05) is 6.54 Å². The largest absolute Gasteiger partial charge is 0.379 e. The van der Waals surface area contributed by atoms with E-state index >= 15 is 0 Å². The molecular formula is C7H18N2O. The quantitative estimate of drug-likeness (QED) is 0.537. The minimum absolute atomic E-state index is 0.652. The Morgan fingerprint density at radius 1 is 1.40 bits per heavy atom. The summed E-state index contributed by atoms with van der Waals surface area (Å²) in [6.45, 7) is 7.16. The first kappa shape index (κ1) is 9.88. The minimum Gasteiger partial charge on any atom is -0.379 e. The molecule has 3 N–H and O–H groups in total. The third-order valence-corrected chi connectivity index (χ3v) is 1.64. The van der Waals surface area contributed by atoms with Crippen LogP contribution in [-0.4, -0.2) is 35.9 Å². The van der Waals surface area contributed by atoms with Crippen LogP contribution >= 0.6 is 0 Å². The molecule has 0 aliphatic heterocycles. The van der Waals surface area contributed by atoms with Crippen molar-refractivity contribution in [3.63, 3.8) is 0 Å². The normalized spacial score (nSPS) is 14.1. The van der Waals surface area contributed by atoms with Crippen molar-refractivity contribution >= 4 is 0 Å². The summed E-state index contributed by atoms with van der Waals surface area (Å²) < 4.78 is 0. The highest BCUT2D eigenvalue weighted by Gasteiger charge is 2.00. The average Bonchev–Trinajstić information content (AvgIpc) is 1.90. The summed E-state index contributed by atoms with van der Waals surface area (Å²) in [5.74, 6) is 0. The molecule has 3 nitrogen and oxygen atoms in total. The number of aliphatic hydroxyl groups is 1. The van der Waals surface area contributed by atoms with Crippen LogP contribution in [0.5, 0.6) is 0 Å². The Bertz CT molecular complexity index is 72.0. The minimum atomic E-state index is -0.652. The number of hydrogen-bond donors (Lipinski definition) is 2. The molecule has 10 heavy (non-hydrogen) atoms. The molecule has 0 rings (SSSR count). The first-order valence-electron chi connectivity index (χ1n) is 3.86. The molecule has 0 aromatic carbocycles. The molecule has 0 bridgehead atoms. The highest BCUT2D eigenvalue weighted by Crippen LogP contribution is 1.91. The zero-order chi connectivity index (χ0) is 7.98. The maximum Gasteiger partial charge on any atom is 0.103 e. The predicted octanol–water partition coefficient (Wildman–Crippen LogP) is -0.00460. The van der Waals surface area contributed by atoms with Crippen LogP contribution in [0.1, 0.15) is 20.3 Å². The zero-order valence-electron chi connectivity index (χ0n) is 6.88. The highest BCUT2D eigenvalue weighted by atomic mass is 16.3. The number of aliphatic hydroxyl groups excluding tert-OH is 1. The smallest absolute Gasteiger partial charge is 0.103 e. The Morgan fingerprint density at radius 3 is 2.20 bits per heavy atom. The van der Waals surface area contributed by atoms with E-state index < -0.39 is 6.23 Å². The van der Waals surface area contributed by atoms with Gasteiger partial charge in [-0.3, -0.25) is 0 Å². The van der Waals surface area contributed by atoms with E-state index in [1.807, 2.05) is 0 Å². The molecule has 1 atom stereocenters. The van der Waals surface area contributed by atoms with Crippen LogP contribution in [0.15, 0.2) is 0 Å². The van der Waals surface area contributed by atoms with Crippen LogP contribution < -0.4 is 5.73 Å². The van der Waals surface area contributed by atoms with Crippen molar-refractivity contribution in [1.29, 1.82) is 0 Å². The van der Waals surface area contributed by atoms with Crippen molar-refractivity contribution in [2.24, 2.45) is 5.73 Å². The number of nitrogens with two attached hydrogens (primary N) is 1. The number of rotatable bonds is 5. The van der Waals surface area contributed by atoms with Gasteiger partial charge in [0.1, 0.15) is 6.23 Å². The first-order chi connectivity index (χ1) is 4.70. The fourth-order valence-corrected chi connectivity index (χ4v) is 0.855. The van der Waals surface area contributed by atoms with Crippen LogP contribution in [0.4, 0.5) is 0 Å². The Labute approximate surface area is 62.8 Å². The predicted molar refractivity (Wildman–Crippen MR) is 42.6 cm³/mol. The van der Waals surface area contributed by atoms with E-state index in [2.05, 4.69) is 18.7 Å². The van der Waals surface area contributed by atoms with Crippen molar-refractivity contribution < 1.29 is 5.11 Å². The Hall–Kier alpha value is -0.120. The molecule has 0 aromatic heterocycles. The van der Waals surface area contributed by atoms with Gasteiger partial charge in [-0.05, 0) is 19.5 Å². The fraction of sp³-hybridized carbons (Fsp3) is 1.00. The van der Waals surface area contributed by atoms with E-state index in [0.29, 0.717) is 6.42 Å². The fourth-order valence-electron chi connectivity index (χ4n) is 0.855. The number of hydrogen-bond acceptors (Lipinski definition) is 3.